The van der Waals surface area contributed by atoms with Gasteiger partial charge in [0.15, 0.2) is 0 Å². The summed E-state index contributed by atoms with van der Waals surface area (Å²) in [5.41, 5.74) is 0. The molecule has 2 bridgehead atoms. The van der Waals surface area contributed by atoms with Crippen molar-refractivity contribution in [2.45, 2.75) is 31.3 Å². The lowest BCUT2D eigenvalue weighted by Crippen LogP contribution is -2.33. The topological polar surface area (TPSA) is 92.6 Å². The third-order valence-electron chi connectivity index (χ3n) is 4.13. The molecule has 3 unspecified atom stereocenters. The van der Waals surface area contributed by atoms with Gasteiger partial charge in [0.2, 0.25) is 5.82 Å². The third kappa shape index (κ3) is 1.90. The minimum Gasteiger partial charge on any atom is -0.481 e. The van der Waals surface area contributed by atoms with E-state index in [4.69, 9.17) is 0 Å². The molecular weight excluding hydrogens is 262 g/mol. The molecular formula is C13H15N3O4. The predicted molar refractivity (Wildman–Crippen MR) is 68.4 cm³/mol. The molecule has 1 aromatic heterocycles. The SMILES string of the molecule is COC(=O)c1nccc(N2C3CCC2C(C(=O)O)C3)n1. The number of fused-ring (bicyclic) bond motifs is 2. The molecule has 0 amide bonds. The Morgan fingerprint density at radius 3 is 2.90 bits per heavy atom. The molecule has 1 aromatic rings. The van der Waals surface area contributed by atoms with Gasteiger partial charge in [0.25, 0.3) is 0 Å². The largest absolute Gasteiger partial charge is 0.481 e. The summed E-state index contributed by atoms with van der Waals surface area (Å²) in [6.07, 6.45) is 3.95. The number of hydrogen-bond donors (Lipinski definition) is 1. The zero-order valence-electron chi connectivity index (χ0n) is 11.0. The van der Waals surface area contributed by atoms with Crippen molar-refractivity contribution in [3.05, 3.63) is 18.1 Å². The van der Waals surface area contributed by atoms with E-state index in [1.807, 2.05) is 4.90 Å². The predicted octanol–water partition coefficient (Wildman–Crippen LogP) is 0.705. The number of carbonyl (C=O) groups excluding carboxylic acids is 1. The zero-order chi connectivity index (χ0) is 14.3. The molecule has 106 valence electrons. The Kier molecular flexibility index (Phi) is 3.04. The summed E-state index contributed by atoms with van der Waals surface area (Å²) in [5.74, 6) is -1.09. The smallest absolute Gasteiger partial charge is 0.376 e. The van der Waals surface area contributed by atoms with Gasteiger partial charge in [-0.25, -0.2) is 14.8 Å². The van der Waals surface area contributed by atoms with Crippen molar-refractivity contribution in [2.24, 2.45) is 5.92 Å². The molecule has 2 saturated heterocycles. The van der Waals surface area contributed by atoms with Gasteiger partial charge in [0, 0.05) is 18.3 Å². The van der Waals surface area contributed by atoms with Crippen LogP contribution in [0.25, 0.3) is 0 Å². The molecule has 3 atom stereocenters. The van der Waals surface area contributed by atoms with Crippen LogP contribution in [0.4, 0.5) is 5.82 Å². The molecule has 2 aliphatic heterocycles. The standard InChI is InChI=1S/C13H15N3O4/c1-20-13(19)11-14-5-4-10(15-11)16-7-2-3-9(16)8(6-7)12(17)18/h4-5,7-9H,2-3,6H2,1H3,(H,17,18). The highest BCUT2D eigenvalue weighted by Gasteiger charge is 2.49. The monoisotopic (exact) mass is 277 g/mol. The van der Waals surface area contributed by atoms with Crippen LogP contribution < -0.4 is 4.90 Å². The number of aliphatic carboxylic acids is 1. The van der Waals surface area contributed by atoms with E-state index in [0.717, 1.165) is 12.8 Å². The lowest BCUT2D eigenvalue weighted by molar-refractivity contribution is -0.142. The van der Waals surface area contributed by atoms with E-state index in [1.54, 1.807) is 6.07 Å². The minimum absolute atomic E-state index is 0.00294. The van der Waals surface area contributed by atoms with Crippen LogP contribution in [0.15, 0.2) is 12.3 Å². The first kappa shape index (κ1) is 12.8. The first-order valence-electron chi connectivity index (χ1n) is 6.54. The number of nitrogens with zero attached hydrogens (tertiary/aromatic N) is 3. The van der Waals surface area contributed by atoms with Crippen LogP contribution >= 0.6 is 0 Å². The van der Waals surface area contributed by atoms with E-state index in [1.165, 1.54) is 13.3 Å². The average molecular weight is 277 g/mol. The van der Waals surface area contributed by atoms with Crippen molar-refractivity contribution < 1.29 is 19.4 Å². The van der Waals surface area contributed by atoms with Gasteiger partial charge in [0.1, 0.15) is 5.82 Å². The van der Waals surface area contributed by atoms with Crippen LogP contribution in [0.1, 0.15) is 29.9 Å². The van der Waals surface area contributed by atoms with Crippen LogP contribution in [-0.4, -0.2) is 46.2 Å². The lowest BCUT2D eigenvalue weighted by Gasteiger charge is -2.24. The lowest BCUT2D eigenvalue weighted by atomic mass is 9.89. The van der Waals surface area contributed by atoms with E-state index in [-0.39, 0.29) is 23.8 Å². The highest BCUT2D eigenvalue weighted by atomic mass is 16.5. The minimum atomic E-state index is -0.760. The van der Waals surface area contributed by atoms with Gasteiger partial charge in [0.05, 0.1) is 13.0 Å². The van der Waals surface area contributed by atoms with Gasteiger partial charge in [-0.15, -0.1) is 0 Å². The molecule has 0 radical (unpaired) electrons. The number of aromatic nitrogens is 2. The van der Waals surface area contributed by atoms with Crippen LogP contribution in [-0.2, 0) is 9.53 Å². The molecule has 0 aliphatic carbocycles. The molecule has 0 aromatic carbocycles. The van der Waals surface area contributed by atoms with Gasteiger partial charge in [-0.3, -0.25) is 4.79 Å². The van der Waals surface area contributed by atoms with Gasteiger partial charge in [-0.1, -0.05) is 0 Å². The highest BCUT2D eigenvalue weighted by molar-refractivity contribution is 5.85. The van der Waals surface area contributed by atoms with Crippen molar-refractivity contribution in [2.75, 3.05) is 12.0 Å². The maximum Gasteiger partial charge on any atom is 0.376 e. The van der Waals surface area contributed by atoms with Crippen LogP contribution in [0.2, 0.25) is 0 Å². The molecule has 20 heavy (non-hydrogen) atoms. The average Bonchev–Trinajstić information content (AvgIpc) is 3.04. The summed E-state index contributed by atoms with van der Waals surface area (Å²) in [6, 6.07) is 1.85. The second-order valence-electron chi connectivity index (χ2n) is 5.12. The number of esters is 1. The number of hydrogen-bond acceptors (Lipinski definition) is 6. The Morgan fingerprint density at radius 1 is 1.45 bits per heavy atom. The molecule has 1 N–H and O–H groups in total. The molecule has 0 spiro atoms. The third-order valence-corrected chi connectivity index (χ3v) is 4.13. The van der Waals surface area contributed by atoms with Gasteiger partial charge in [-0.2, -0.15) is 0 Å². The Hall–Kier alpha value is -2.18. The van der Waals surface area contributed by atoms with E-state index in [2.05, 4.69) is 14.7 Å². The molecule has 2 aliphatic rings. The normalized spacial score (nSPS) is 27.6. The van der Waals surface area contributed by atoms with Crippen LogP contribution in [0.3, 0.4) is 0 Å². The number of anilines is 1. The molecule has 3 heterocycles. The fraction of sp³-hybridized carbons (Fsp3) is 0.538. The van der Waals surface area contributed by atoms with Gasteiger partial charge in [-0.05, 0) is 25.3 Å². The van der Waals surface area contributed by atoms with Gasteiger partial charge >= 0.3 is 11.9 Å². The van der Waals surface area contributed by atoms with Crippen molar-refractivity contribution in [1.29, 1.82) is 0 Å². The van der Waals surface area contributed by atoms with Crippen molar-refractivity contribution in [3.8, 4) is 0 Å². The van der Waals surface area contributed by atoms with Crippen LogP contribution in [0.5, 0.6) is 0 Å². The number of carboxylic acid groups (broad SMARTS) is 1. The van der Waals surface area contributed by atoms with Crippen LogP contribution in [0, 0.1) is 5.92 Å². The maximum atomic E-state index is 11.5. The Labute approximate surface area is 115 Å². The van der Waals surface area contributed by atoms with Crippen molar-refractivity contribution in [3.63, 3.8) is 0 Å². The van der Waals surface area contributed by atoms with E-state index >= 15 is 0 Å². The molecule has 0 saturated carbocycles. The van der Waals surface area contributed by atoms with E-state index in [9.17, 15) is 14.7 Å². The second kappa shape index (κ2) is 4.73. The summed E-state index contributed by atoms with van der Waals surface area (Å²) >= 11 is 0. The summed E-state index contributed by atoms with van der Waals surface area (Å²) < 4.78 is 4.61. The number of carbonyl (C=O) groups is 2. The Balaban J connectivity index is 1.90. The first-order chi connectivity index (χ1) is 9.61. The quantitative estimate of drug-likeness (QED) is 0.813. The summed E-state index contributed by atoms with van der Waals surface area (Å²) in [4.78, 5) is 32.8. The number of rotatable bonds is 3. The number of carboxylic acids is 1. The first-order valence-corrected chi connectivity index (χ1v) is 6.54. The molecule has 7 heteroatoms. The number of methoxy groups -OCH3 is 1. The van der Waals surface area contributed by atoms with Gasteiger partial charge < -0.3 is 14.7 Å². The molecule has 2 fully saturated rings. The second-order valence-corrected chi connectivity index (χ2v) is 5.12. The van der Waals surface area contributed by atoms with Crippen molar-refractivity contribution >= 4 is 17.8 Å². The fourth-order valence-corrected chi connectivity index (χ4v) is 3.29. The summed E-state index contributed by atoms with van der Waals surface area (Å²) in [6.45, 7) is 0. The summed E-state index contributed by atoms with van der Waals surface area (Å²) in [5, 5.41) is 9.25. The number of ether oxygens (including phenoxy) is 1. The maximum absolute atomic E-state index is 11.5. The van der Waals surface area contributed by atoms with E-state index in [0.29, 0.717) is 12.2 Å². The molecule has 7 nitrogen and oxygen atoms in total. The fourth-order valence-electron chi connectivity index (χ4n) is 3.29. The zero-order valence-corrected chi connectivity index (χ0v) is 11.0. The Bertz CT molecular complexity index is 562. The molecule has 3 rings (SSSR count). The van der Waals surface area contributed by atoms with Crippen molar-refractivity contribution in [1.82, 2.24) is 9.97 Å². The summed E-state index contributed by atoms with van der Waals surface area (Å²) in [7, 11) is 1.28. The highest BCUT2D eigenvalue weighted by Crippen LogP contribution is 2.43. The Morgan fingerprint density at radius 2 is 2.25 bits per heavy atom. The van der Waals surface area contributed by atoms with E-state index < -0.39 is 11.9 Å².